The maximum atomic E-state index is 12.8. The molecular weight excluding hydrogens is 554 g/mol. The van der Waals surface area contributed by atoms with Crippen LogP contribution >= 0.6 is 0 Å². The van der Waals surface area contributed by atoms with Crippen molar-refractivity contribution in [2.24, 2.45) is 5.41 Å². The van der Waals surface area contributed by atoms with Crippen LogP contribution in [-0.2, 0) is 23.9 Å². The lowest BCUT2D eigenvalue weighted by Gasteiger charge is -2.44. The van der Waals surface area contributed by atoms with Crippen molar-refractivity contribution in [3.8, 4) is 0 Å². The van der Waals surface area contributed by atoms with Crippen LogP contribution in [0.15, 0.2) is 36.4 Å². The number of anilines is 2. The third-order valence-corrected chi connectivity index (χ3v) is 7.93. The quantitative estimate of drug-likeness (QED) is 0.0956. The Bertz CT molecular complexity index is 1040. The lowest BCUT2D eigenvalue weighted by atomic mass is 9.85. The number of benzene rings is 1. The number of hydrogen-bond donors (Lipinski definition) is 3. The maximum Gasteiger partial charge on any atom is 0.249 e. The molecular formula is C36H59N3O5. The predicted octanol–water partition coefficient (Wildman–Crippen LogP) is 8.29. The van der Waals surface area contributed by atoms with Crippen molar-refractivity contribution < 1.29 is 23.9 Å². The van der Waals surface area contributed by atoms with Crippen LogP contribution in [-0.4, -0.2) is 42.8 Å². The Morgan fingerprint density at radius 1 is 0.773 bits per heavy atom. The molecule has 44 heavy (non-hydrogen) atoms. The Morgan fingerprint density at radius 2 is 1.30 bits per heavy atom. The monoisotopic (exact) mass is 613 g/mol. The summed E-state index contributed by atoms with van der Waals surface area (Å²) in [4.78, 5) is 38.0. The van der Waals surface area contributed by atoms with Crippen LogP contribution in [0.1, 0.15) is 131 Å². The number of ether oxygens (including phenoxy) is 2. The minimum Gasteiger partial charge on any atom is -0.353 e. The number of unbranched alkanes of at least 4 members (excludes halogenated alkanes) is 11. The highest BCUT2D eigenvalue weighted by Gasteiger charge is 2.45. The van der Waals surface area contributed by atoms with Crippen LogP contribution in [0.5, 0.6) is 0 Å². The normalized spacial score (nSPS) is 17.3. The zero-order valence-electron chi connectivity index (χ0n) is 28.1. The highest BCUT2D eigenvalue weighted by atomic mass is 16.7. The van der Waals surface area contributed by atoms with Crippen LogP contribution in [0.4, 0.5) is 11.4 Å². The zero-order valence-corrected chi connectivity index (χ0v) is 28.1. The molecule has 8 heteroatoms. The van der Waals surface area contributed by atoms with Gasteiger partial charge in [-0.05, 0) is 58.1 Å². The number of hydrogen-bond acceptors (Lipinski definition) is 5. The van der Waals surface area contributed by atoms with E-state index in [9.17, 15) is 14.4 Å². The van der Waals surface area contributed by atoms with Gasteiger partial charge in [-0.1, -0.05) is 96.4 Å². The third kappa shape index (κ3) is 15.3. The number of para-hydroxylation sites is 2. The van der Waals surface area contributed by atoms with Crippen molar-refractivity contribution in [3.05, 3.63) is 36.4 Å². The first-order valence-electron chi connectivity index (χ1n) is 17.0. The number of rotatable bonds is 21. The lowest BCUT2D eigenvalue weighted by Crippen LogP contribution is -2.56. The molecule has 0 aromatic heterocycles. The Kier molecular flexibility index (Phi) is 17.3. The van der Waals surface area contributed by atoms with E-state index in [4.69, 9.17) is 9.47 Å². The number of carbonyl (C=O) groups excluding carboxylic acids is 3. The molecule has 1 unspecified atom stereocenters. The van der Waals surface area contributed by atoms with Crippen LogP contribution in [0.25, 0.3) is 0 Å². The van der Waals surface area contributed by atoms with E-state index in [-0.39, 0.29) is 30.7 Å². The van der Waals surface area contributed by atoms with Gasteiger partial charge in [0, 0.05) is 24.8 Å². The Balaban J connectivity index is 1.60. The van der Waals surface area contributed by atoms with Gasteiger partial charge in [0.15, 0.2) is 5.79 Å². The molecule has 1 fully saturated rings. The molecule has 1 atom stereocenters. The van der Waals surface area contributed by atoms with Gasteiger partial charge in [0.1, 0.15) is 6.10 Å². The van der Waals surface area contributed by atoms with Crippen molar-refractivity contribution in [1.29, 1.82) is 0 Å². The molecule has 0 saturated carbocycles. The summed E-state index contributed by atoms with van der Waals surface area (Å²) in [6.45, 7) is 10.2. The molecule has 1 aromatic carbocycles. The van der Waals surface area contributed by atoms with Crippen molar-refractivity contribution in [2.75, 3.05) is 23.8 Å². The van der Waals surface area contributed by atoms with Crippen LogP contribution < -0.4 is 16.0 Å². The van der Waals surface area contributed by atoms with Crippen molar-refractivity contribution >= 4 is 29.1 Å². The number of nitrogens with one attached hydrogen (secondary N) is 3. The van der Waals surface area contributed by atoms with Gasteiger partial charge < -0.3 is 25.4 Å². The summed E-state index contributed by atoms with van der Waals surface area (Å²) in [5.74, 6) is -1.41. The number of allylic oxidation sites excluding steroid dienone is 2. The molecule has 1 aromatic rings. The summed E-state index contributed by atoms with van der Waals surface area (Å²) < 4.78 is 11.5. The minimum atomic E-state index is -0.840. The average molecular weight is 614 g/mol. The van der Waals surface area contributed by atoms with Gasteiger partial charge in [0.2, 0.25) is 17.7 Å². The molecule has 2 rings (SSSR count). The fraction of sp³-hybridized carbons (Fsp3) is 0.694. The fourth-order valence-electron chi connectivity index (χ4n) is 5.20. The highest BCUT2D eigenvalue weighted by Crippen LogP contribution is 2.34. The number of carbonyl (C=O) groups is 3. The minimum absolute atomic E-state index is 0.0569. The van der Waals surface area contributed by atoms with Gasteiger partial charge in [-0.3, -0.25) is 14.4 Å². The second kappa shape index (κ2) is 20.3. The second-order valence-electron chi connectivity index (χ2n) is 13.2. The summed E-state index contributed by atoms with van der Waals surface area (Å²) in [7, 11) is 0. The molecule has 1 saturated heterocycles. The first kappa shape index (κ1) is 37.5. The lowest BCUT2D eigenvalue weighted by molar-refractivity contribution is -0.304. The van der Waals surface area contributed by atoms with Gasteiger partial charge in [0.25, 0.3) is 0 Å². The molecule has 0 bridgehead atoms. The maximum absolute atomic E-state index is 12.8. The van der Waals surface area contributed by atoms with E-state index in [1.165, 1.54) is 57.8 Å². The topological polar surface area (TPSA) is 106 Å². The molecule has 1 aliphatic rings. The van der Waals surface area contributed by atoms with E-state index in [0.29, 0.717) is 24.4 Å². The molecule has 248 valence electrons. The Morgan fingerprint density at radius 3 is 1.89 bits per heavy atom. The van der Waals surface area contributed by atoms with Crippen LogP contribution in [0, 0.1) is 5.41 Å². The van der Waals surface area contributed by atoms with Crippen molar-refractivity contribution in [3.63, 3.8) is 0 Å². The van der Waals surface area contributed by atoms with Gasteiger partial charge in [-0.2, -0.15) is 0 Å². The first-order chi connectivity index (χ1) is 21.0. The standard InChI is InChI=1S/C36H59N3O5/c1-6-7-8-9-10-11-12-13-14-15-16-17-18-19-20-25-31(40)38-29-23-21-22-24-30(29)39-32(41)26-27-37-34(42)33-35(2,3)28-43-36(4,5)44-33/h13-14,21-24,33H,6-12,15-20,25-28H2,1-5H3,(H,37,42)(H,38,40)(H,39,41)/b14-13-. The molecule has 3 N–H and O–H groups in total. The molecule has 8 nitrogen and oxygen atoms in total. The summed E-state index contributed by atoms with van der Waals surface area (Å²) >= 11 is 0. The van der Waals surface area contributed by atoms with E-state index in [1.807, 2.05) is 26.0 Å². The molecule has 0 aliphatic carbocycles. The smallest absolute Gasteiger partial charge is 0.249 e. The van der Waals surface area contributed by atoms with Gasteiger partial charge in [-0.15, -0.1) is 0 Å². The summed E-state index contributed by atoms with van der Waals surface area (Å²) in [6.07, 6.45) is 20.4. The predicted molar refractivity (Wildman–Crippen MR) is 179 cm³/mol. The fourth-order valence-corrected chi connectivity index (χ4v) is 5.20. The summed E-state index contributed by atoms with van der Waals surface area (Å²) in [5, 5.41) is 8.61. The van der Waals surface area contributed by atoms with E-state index < -0.39 is 17.3 Å². The van der Waals surface area contributed by atoms with Crippen LogP contribution in [0.2, 0.25) is 0 Å². The SMILES string of the molecule is CCCCCCCC/C=C\CCCCCCCC(=O)Nc1ccccc1NC(=O)CCNC(=O)C1OC(C)(C)OCC1(C)C. The molecule has 0 spiro atoms. The van der Waals surface area contributed by atoms with Gasteiger partial charge in [0.05, 0.1) is 18.0 Å². The van der Waals surface area contributed by atoms with E-state index in [2.05, 4.69) is 35.0 Å². The molecule has 1 aliphatic heterocycles. The molecule has 3 amide bonds. The summed E-state index contributed by atoms with van der Waals surface area (Å²) in [6, 6.07) is 7.17. The molecule has 1 heterocycles. The van der Waals surface area contributed by atoms with Crippen molar-refractivity contribution in [2.45, 2.75) is 143 Å². The highest BCUT2D eigenvalue weighted by molar-refractivity contribution is 5.99. The Labute approximate surface area is 266 Å². The molecule has 0 radical (unpaired) electrons. The second-order valence-corrected chi connectivity index (χ2v) is 13.2. The largest absolute Gasteiger partial charge is 0.353 e. The van der Waals surface area contributed by atoms with Crippen molar-refractivity contribution in [1.82, 2.24) is 5.32 Å². The van der Waals surface area contributed by atoms with Gasteiger partial charge in [-0.25, -0.2) is 0 Å². The first-order valence-corrected chi connectivity index (χ1v) is 17.0. The summed E-state index contributed by atoms with van der Waals surface area (Å²) in [5.41, 5.74) is 0.628. The zero-order chi connectivity index (χ0) is 32.3. The third-order valence-electron chi connectivity index (χ3n) is 7.93. The van der Waals surface area contributed by atoms with E-state index >= 15 is 0 Å². The van der Waals surface area contributed by atoms with Gasteiger partial charge >= 0.3 is 0 Å². The Hall–Kier alpha value is -2.71. The van der Waals surface area contributed by atoms with E-state index in [1.54, 1.807) is 26.0 Å². The van der Waals surface area contributed by atoms with E-state index in [0.717, 1.165) is 25.7 Å². The van der Waals surface area contributed by atoms with Crippen LogP contribution in [0.3, 0.4) is 0 Å². The average Bonchev–Trinajstić information content (AvgIpc) is 2.97. The number of amides is 3.